The Morgan fingerprint density at radius 2 is 2.31 bits per heavy atom. The van der Waals surface area contributed by atoms with Gasteiger partial charge in [0.2, 0.25) is 0 Å². The lowest BCUT2D eigenvalue weighted by Crippen LogP contribution is -2.04. The molecule has 0 aromatic carbocycles. The molecule has 0 saturated carbocycles. The van der Waals surface area contributed by atoms with Gasteiger partial charge in [-0.1, -0.05) is 6.42 Å². The number of fused-ring (bicyclic) bond motifs is 1. The molecule has 1 aliphatic rings. The molecule has 1 N–H and O–H groups in total. The highest BCUT2D eigenvalue weighted by molar-refractivity contribution is 7.99. The summed E-state index contributed by atoms with van der Waals surface area (Å²) in [6.45, 7) is 0. The van der Waals surface area contributed by atoms with E-state index in [-0.39, 0.29) is 5.75 Å². The Morgan fingerprint density at radius 1 is 1.38 bits per heavy atom. The molecule has 0 aliphatic carbocycles. The van der Waals surface area contributed by atoms with Crippen molar-refractivity contribution in [3.63, 3.8) is 0 Å². The molecule has 0 amide bonds. The van der Waals surface area contributed by atoms with E-state index in [9.17, 15) is 5.11 Å². The smallest absolute Gasteiger partial charge is 0.164 e. The molecule has 0 spiro atoms. The van der Waals surface area contributed by atoms with Crippen molar-refractivity contribution in [2.24, 2.45) is 0 Å². The van der Waals surface area contributed by atoms with Gasteiger partial charge in [0.05, 0.1) is 11.4 Å². The summed E-state index contributed by atoms with van der Waals surface area (Å²) < 4.78 is 1.65. The number of nitrogens with zero attached hydrogens (tertiary/aromatic N) is 3. The van der Waals surface area contributed by atoms with Crippen molar-refractivity contribution in [2.75, 3.05) is 5.75 Å². The molecule has 2 aromatic rings. The molecule has 0 bridgehead atoms. The van der Waals surface area contributed by atoms with Crippen molar-refractivity contribution in [1.29, 1.82) is 0 Å². The zero-order chi connectivity index (χ0) is 11.0. The number of hydrogen-bond donors (Lipinski definition) is 1. The predicted molar refractivity (Wildman–Crippen MR) is 63.7 cm³/mol. The Bertz CT molecular complexity index is 505. The van der Waals surface area contributed by atoms with E-state index in [0.29, 0.717) is 5.25 Å². The molecule has 1 aliphatic heterocycles. The maximum Gasteiger partial charge on any atom is 0.164 e. The van der Waals surface area contributed by atoms with Crippen LogP contribution in [0, 0.1) is 0 Å². The maximum absolute atomic E-state index is 9.36. The molecule has 2 aromatic heterocycles. The van der Waals surface area contributed by atoms with Crippen LogP contribution in [0.3, 0.4) is 0 Å². The normalized spacial score (nSPS) is 21.4. The summed E-state index contributed by atoms with van der Waals surface area (Å²) in [5, 5.41) is 14.2. The molecule has 84 valence electrons. The van der Waals surface area contributed by atoms with Gasteiger partial charge in [-0.2, -0.15) is 11.8 Å². The van der Waals surface area contributed by atoms with Crippen LogP contribution in [0.2, 0.25) is 0 Å². The highest BCUT2D eigenvalue weighted by atomic mass is 32.2. The first-order chi connectivity index (χ1) is 7.83. The summed E-state index contributed by atoms with van der Waals surface area (Å²) in [4.78, 5) is 4.50. The van der Waals surface area contributed by atoms with Gasteiger partial charge >= 0.3 is 0 Å². The maximum atomic E-state index is 9.36. The average molecular weight is 235 g/mol. The average Bonchev–Trinajstić information content (AvgIpc) is 2.73. The van der Waals surface area contributed by atoms with Gasteiger partial charge in [0.15, 0.2) is 11.5 Å². The summed E-state index contributed by atoms with van der Waals surface area (Å²) in [6.07, 6.45) is 5.32. The lowest BCUT2D eigenvalue weighted by atomic mass is 10.2. The van der Waals surface area contributed by atoms with E-state index >= 15 is 0 Å². The van der Waals surface area contributed by atoms with Gasteiger partial charge in [0, 0.05) is 0 Å². The molecule has 1 atom stereocenters. The molecule has 1 unspecified atom stereocenters. The van der Waals surface area contributed by atoms with E-state index in [2.05, 4.69) is 10.1 Å². The molecule has 1 saturated heterocycles. The first-order valence-corrected chi connectivity index (χ1v) is 6.55. The first kappa shape index (κ1) is 9.96. The Kier molecular flexibility index (Phi) is 2.47. The fraction of sp³-hybridized carbons (Fsp3) is 0.455. The number of pyridine rings is 1. The minimum atomic E-state index is 0.222. The lowest BCUT2D eigenvalue weighted by Gasteiger charge is -2.17. The molecule has 3 rings (SSSR count). The fourth-order valence-corrected chi connectivity index (χ4v) is 3.21. The van der Waals surface area contributed by atoms with Gasteiger partial charge in [0.25, 0.3) is 0 Å². The lowest BCUT2D eigenvalue weighted by molar-refractivity contribution is 0.470. The van der Waals surface area contributed by atoms with Gasteiger partial charge in [-0.05, 0) is 30.7 Å². The minimum absolute atomic E-state index is 0.222. The van der Waals surface area contributed by atoms with Crippen molar-refractivity contribution in [3.05, 3.63) is 24.2 Å². The van der Waals surface area contributed by atoms with Gasteiger partial charge < -0.3 is 5.11 Å². The Balaban J connectivity index is 1.97. The van der Waals surface area contributed by atoms with Crippen molar-refractivity contribution >= 4 is 17.4 Å². The molecular formula is C11H13N3OS. The van der Waals surface area contributed by atoms with E-state index in [1.165, 1.54) is 18.6 Å². The van der Waals surface area contributed by atoms with Crippen LogP contribution in [0.4, 0.5) is 0 Å². The second-order valence-corrected chi connectivity index (χ2v) is 5.33. The monoisotopic (exact) mass is 235 g/mol. The molecular weight excluding hydrogens is 222 g/mol. The molecule has 16 heavy (non-hydrogen) atoms. The summed E-state index contributed by atoms with van der Waals surface area (Å²) in [5.74, 6) is 2.32. The van der Waals surface area contributed by atoms with Crippen LogP contribution in [-0.4, -0.2) is 25.5 Å². The SMILES string of the molecule is Oc1ccc2nc(C3CCCCS3)nn2c1. The van der Waals surface area contributed by atoms with Crippen molar-refractivity contribution < 1.29 is 5.11 Å². The fourth-order valence-electron chi connectivity index (χ4n) is 1.97. The van der Waals surface area contributed by atoms with Crippen molar-refractivity contribution in [1.82, 2.24) is 14.6 Å². The zero-order valence-electron chi connectivity index (χ0n) is 8.83. The third-order valence-corrected chi connectivity index (χ3v) is 4.17. The summed E-state index contributed by atoms with van der Waals surface area (Å²) >= 11 is 1.93. The van der Waals surface area contributed by atoms with Gasteiger partial charge in [-0.15, -0.1) is 5.10 Å². The van der Waals surface area contributed by atoms with Crippen LogP contribution in [-0.2, 0) is 0 Å². The highest BCUT2D eigenvalue weighted by Gasteiger charge is 2.20. The van der Waals surface area contributed by atoms with E-state index < -0.39 is 0 Å². The molecule has 3 heterocycles. The summed E-state index contributed by atoms with van der Waals surface area (Å²) in [5.41, 5.74) is 0.805. The van der Waals surface area contributed by atoms with E-state index in [0.717, 1.165) is 17.9 Å². The van der Waals surface area contributed by atoms with Gasteiger partial charge in [-0.3, -0.25) is 0 Å². The molecule has 5 heteroatoms. The van der Waals surface area contributed by atoms with Gasteiger partial charge in [-0.25, -0.2) is 9.50 Å². The summed E-state index contributed by atoms with van der Waals surface area (Å²) in [6, 6.07) is 3.43. The van der Waals surface area contributed by atoms with E-state index in [4.69, 9.17) is 0 Å². The number of aromatic nitrogens is 3. The number of hydrogen-bond acceptors (Lipinski definition) is 4. The topological polar surface area (TPSA) is 50.4 Å². The molecule has 1 fully saturated rings. The quantitative estimate of drug-likeness (QED) is 0.824. The number of rotatable bonds is 1. The molecule has 0 radical (unpaired) electrons. The predicted octanol–water partition coefficient (Wildman–Crippen LogP) is 2.39. The number of thioether (sulfide) groups is 1. The van der Waals surface area contributed by atoms with E-state index in [1.807, 2.05) is 11.8 Å². The van der Waals surface area contributed by atoms with Crippen molar-refractivity contribution in [2.45, 2.75) is 24.5 Å². The third-order valence-electron chi connectivity index (χ3n) is 2.80. The summed E-state index contributed by atoms with van der Waals surface area (Å²) in [7, 11) is 0. The minimum Gasteiger partial charge on any atom is -0.506 e. The Morgan fingerprint density at radius 3 is 3.12 bits per heavy atom. The van der Waals surface area contributed by atoms with Crippen LogP contribution in [0.15, 0.2) is 18.3 Å². The third kappa shape index (κ3) is 1.75. The van der Waals surface area contributed by atoms with Crippen LogP contribution in [0.25, 0.3) is 5.65 Å². The standard InChI is InChI=1S/C11H13N3OS/c15-8-4-5-10-12-11(13-14(10)7-8)9-3-1-2-6-16-9/h4-5,7,9,15H,1-3,6H2. The van der Waals surface area contributed by atoms with E-state index in [1.54, 1.807) is 22.8 Å². The number of aromatic hydroxyl groups is 1. The second-order valence-electron chi connectivity index (χ2n) is 4.02. The van der Waals surface area contributed by atoms with Crippen LogP contribution in [0.1, 0.15) is 30.3 Å². The second kappa shape index (κ2) is 3.97. The zero-order valence-corrected chi connectivity index (χ0v) is 9.65. The van der Waals surface area contributed by atoms with Crippen LogP contribution in [0.5, 0.6) is 5.75 Å². The highest BCUT2D eigenvalue weighted by Crippen LogP contribution is 2.36. The van der Waals surface area contributed by atoms with Crippen LogP contribution < -0.4 is 0 Å². The van der Waals surface area contributed by atoms with Crippen LogP contribution >= 0.6 is 11.8 Å². The van der Waals surface area contributed by atoms with Crippen molar-refractivity contribution in [3.8, 4) is 5.75 Å². The Hall–Kier alpha value is -1.23. The largest absolute Gasteiger partial charge is 0.506 e. The molecule has 4 nitrogen and oxygen atoms in total. The van der Waals surface area contributed by atoms with Gasteiger partial charge in [0.1, 0.15) is 5.75 Å². The Labute approximate surface area is 97.7 Å². The first-order valence-electron chi connectivity index (χ1n) is 5.50.